The number of aliphatic hydroxyl groups is 1. The van der Waals surface area contributed by atoms with Crippen molar-refractivity contribution in [1.29, 1.82) is 0 Å². The zero-order valence-electron chi connectivity index (χ0n) is 14.9. The average Bonchev–Trinajstić information content (AvgIpc) is 3.04. The van der Waals surface area contributed by atoms with Gasteiger partial charge in [0.15, 0.2) is 17.0 Å². The molecule has 0 saturated heterocycles. The Hall–Kier alpha value is -2.26. The van der Waals surface area contributed by atoms with E-state index >= 15 is 0 Å². The smallest absolute Gasteiger partial charge is 0.227 e. The Labute approximate surface area is 160 Å². The first kappa shape index (κ1) is 18.5. The number of rotatable bonds is 7. The lowest BCUT2D eigenvalue weighted by atomic mass is 10.1. The normalized spacial score (nSPS) is 12.5. The van der Waals surface area contributed by atoms with Gasteiger partial charge in [-0.15, -0.1) is 5.10 Å². The molecule has 0 aliphatic heterocycles. The van der Waals surface area contributed by atoms with Crippen LogP contribution in [0, 0.1) is 5.92 Å². The summed E-state index contributed by atoms with van der Waals surface area (Å²) in [5, 5.41) is 24.4. The molecule has 2 aromatic heterocycles. The Bertz CT molecular complexity index is 879. The molecule has 0 bridgehead atoms. The summed E-state index contributed by atoms with van der Waals surface area (Å²) >= 11 is 3.43. The molecule has 0 aliphatic carbocycles. The van der Waals surface area contributed by atoms with Gasteiger partial charge in [0.25, 0.3) is 0 Å². The molecule has 3 rings (SSSR count). The Morgan fingerprint density at radius 3 is 2.54 bits per heavy atom. The van der Waals surface area contributed by atoms with E-state index in [2.05, 4.69) is 46.8 Å². The van der Waals surface area contributed by atoms with E-state index in [0.717, 1.165) is 10.2 Å². The summed E-state index contributed by atoms with van der Waals surface area (Å²) in [6.07, 6.45) is 0. The van der Waals surface area contributed by atoms with Crippen molar-refractivity contribution in [3.05, 3.63) is 28.7 Å². The van der Waals surface area contributed by atoms with Crippen LogP contribution in [0.25, 0.3) is 11.2 Å². The van der Waals surface area contributed by atoms with Gasteiger partial charge in [-0.3, -0.25) is 0 Å². The van der Waals surface area contributed by atoms with E-state index < -0.39 is 0 Å². The molecule has 0 spiro atoms. The maximum absolute atomic E-state index is 9.59. The van der Waals surface area contributed by atoms with Gasteiger partial charge in [0, 0.05) is 16.7 Å². The van der Waals surface area contributed by atoms with Crippen LogP contribution in [0.5, 0.6) is 0 Å². The fourth-order valence-corrected chi connectivity index (χ4v) is 2.74. The van der Waals surface area contributed by atoms with Crippen molar-refractivity contribution in [2.24, 2.45) is 5.92 Å². The second-order valence-corrected chi connectivity index (χ2v) is 7.20. The monoisotopic (exact) mass is 419 g/mol. The third-order valence-corrected chi connectivity index (χ3v) is 4.61. The van der Waals surface area contributed by atoms with E-state index in [1.807, 2.05) is 45.0 Å². The number of fused-ring (bicyclic) bond motifs is 1. The number of aromatic nitrogens is 5. The summed E-state index contributed by atoms with van der Waals surface area (Å²) in [6, 6.07) is 7.64. The predicted octanol–water partition coefficient (Wildman–Crippen LogP) is 3.18. The summed E-state index contributed by atoms with van der Waals surface area (Å²) in [7, 11) is 0. The topological polar surface area (TPSA) is 101 Å². The van der Waals surface area contributed by atoms with E-state index in [1.165, 1.54) is 0 Å². The molecule has 0 radical (unpaired) electrons. The Morgan fingerprint density at radius 2 is 1.92 bits per heavy atom. The van der Waals surface area contributed by atoms with Crippen molar-refractivity contribution in [2.75, 3.05) is 17.2 Å². The maximum atomic E-state index is 9.59. The van der Waals surface area contributed by atoms with E-state index in [4.69, 9.17) is 0 Å². The number of hydrogen-bond acceptors (Lipinski definition) is 7. The second kappa shape index (κ2) is 7.96. The summed E-state index contributed by atoms with van der Waals surface area (Å²) in [5.41, 5.74) is 2.13. The van der Waals surface area contributed by atoms with Gasteiger partial charge in [-0.2, -0.15) is 9.97 Å². The van der Waals surface area contributed by atoms with Crippen molar-refractivity contribution >= 4 is 44.5 Å². The summed E-state index contributed by atoms with van der Waals surface area (Å²) in [5.74, 6) is 1.23. The highest BCUT2D eigenvalue weighted by Crippen LogP contribution is 2.25. The van der Waals surface area contributed by atoms with Gasteiger partial charge in [-0.1, -0.05) is 35.0 Å². The standard InChI is InChI=1S/C17H22BrN7O/c1-4-25-16-14(23-24-25)15(19-12-7-5-11(18)6-8-12)21-17(22-16)20-13(9-26)10(2)3/h5-8,10,13,26H,4,9H2,1-3H3,(H2,19,20,21,22). The lowest BCUT2D eigenvalue weighted by Crippen LogP contribution is -2.30. The third-order valence-electron chi connectivity index (χ3n) is 4.09. The van der Waals surface area contributed by atoms with Gasteiger partial charge in [-0.05, 0) is 37.1 Å². The third kappa shape index (κ3) is 3.94. The molecule has 3 aromatic rings. The largest absolute Gasteiger partial charge is 0.394 e. The highest BCUT2D eigenvalue weighted by molar-refractivity contribution is 9.10. The highest BCUT2D eigenvalue weighted by Gasteiger charge is 2.18. The SMILES string of the molecule is CCn1nnc2c(Nc3ccc(Br)cc3)nc(NC(CO)C(C)C)nc21. The van der Waals surface area contributed by atoms with Crippen LogP contribution in [0.15, 0.2) is 28.7 Å². The predicted molar refractivity (Wildman–Crippen MR) is 106 cm³/mol. The van der Waals surface area contributed by atoms with Crippen molar-refractivity contribution in [1.82, 2.24) is 25.0 Å². The van der Waals surface area contributed by atoms with E-state index in [0.29, 0.717) is 29.5 Å². The van der Waals surface area contributed by atoms with Crippen LogP contribution in [0.1, 0.15) is 20.8 Å². The number of halogens is 1. The molecule has 1 aromatic carbocycles. The van der Waals surface area contributed by atoms with E-state index in [1.54, 1.807) is 4.68 Å². The first-order valence-corrected chi connectivity index (χ1v) is 9.32. The molecule has 2 heterocycles. The van der Waals surface area contributed by atoms with Crippen molar-refractivity contribution in [3.8, 4) is 0 Å². The minimum absolute atomic E-state index is 0.000171. The van der Waals surface area contributed by atoms with Gasteiger partial charge in [-0.25, -0.2) is 4.68 Å². The molecule has 0 aliphatic rings. The van der Waals surface area contributed by atoms with Crippen LogP contribution < -0.4 is 10.6 Å². The Kier molecular flexibility index (Phi) is 5.67. The summed E-state index contributed by atoms with van der Waals surface area (Å²) in [4.78, 5) is 9.11. The number of hydrogen-bond donors (Lipinski definition) is 3. The van der Waals surface area contributed by atoms with E-state index in [-0.39, 0.29) is 18.6 Å². The fourth-order valence-electron chi connectivity index (χ4n) is 2.48. The molecule has 26 heavy (non-hydrogen) atoms. The Morgan fingerprint density at radius 1 is 1.19 bits per heavy atom. The molecule has 138 valence electrons. The van der Waals surface area contributed by atoms with Crippen LogP contribution >= 0.6 is 15.9 Å². The molecule has 0 fully saturated rings. The Balaban J connectivity index is 2.02. The van der Waals surface area contributed by atoms with Gasteiger partial charge in [0.2, 0.25) is 5.95 Å². The zero-order valence-corrected chi connectivity index (χ0v) is 16.5. The van der Waals surface area contributed by atoms with Gasteiger partial charge < -0.3 is 15.7 Å². The van der Waals surface area contributed by atoms with Gasteiger partial charge >= 0.3 is 0 Å². The summed E-state index contributed by atoms with van der Waals surface area (Å²) in [6.45, 7) is 6.70. The van der Waals surface area contributed by atoms with Crippen LogP contribution in [-0.2, 0) is 6.54 Å². The molecular weight excluding hydrogens is 398 g/mol. The van der Waals surface area contributed by atoms with Crippen LogP contribution in [0.4, 0.5) is 17.5 Å². The molecular formula is C17H22BrN7O. The number of nitrogens with one attached hydrogen (secondary N) is 2. The van der Waals surface area contributed by atoms with Crippen LogP contribution in [-0.4, -0.2) is 42.7 Å². The zero-order chi connectivity index (χ0) is 18.7. The number of aliphatic hydroxyl groups excluding tert-OH is 1. The molecule has 3 N–H and O–H groups in total. The summed E-state index contributed by atoms with van der Waals surface area (Å²) < 4.78 is 2.72. The van der Waals surface area contributed by atoms with Crippen molar-refractivity contribution in [2.45, 2.75) is 33.4 Å². The quantitative estimate of drug-likeness (QED) is 0.540. The minimum Gasteiger partial charge on any atom is -0.394 e. The van der Waals surface area contributed by atoms with Crippen LogP contribution in [0.2, 0.25) is 0 Å². The molecule has 8 nitrogen and oxygen atoms in total. The minimum atomic E-state index is -0.140. The first-order valence-electron chi connectivity index (χ1n) is 8.53. The number of nitrogens with zero attached hydrogens (tertiary/aromatic N) is 5. The van der Waals surface area contributed by atoms with E-state index in [9.17, 15) is 5.11 Å². The number of anilines is 3. The van der Waals surface area contributed by atoms with Gasteiger partial charge in [0.1, 0.15) is 0 Å². The molecule has 1 unspecified atom stereocenters. The molecule has 0 saturated carbocycles. The number of aryl methyl sites for hydroxylation is 1. The lowest BCUT2D eigenvalue weighted by molar-refractivity contribution is 0.248. The molecule has 1 atom stereocenters. The second-order valence-electron chi connectivity index (χ2n) is 6.28. The average molecular weight is 420 g/mol. The highest BCUT2D eigenvalue weighted by atomic mass is 79.9. The fraction of sp³-hybridized carbons (Fsp3) is 0.412. The van der Waals surface area contributed by atoms with Crippen molar-refractivity contribution in [3.63, 3.8) is 0 Å². The maximum Gasteiger partial charge on any atom is 0.227 e. The first-order chi connectivity index (χ1) is 12.5. The van der Waals surface area contributed by atoms with Gasteiger partial charge in [0.05, 0.1) is 12.6 Å². The van der Waals surface area contributed by atoms with Crippen molar-refractivity contribution < 1.29 is 5.11 Å². The molecule has 9 heteroatoms. The van der Waals surface area contributed by atoms with Crippen LogP contribution in [0.3, 0.4) is 0 Å². The molecule has 0 amide bonds. The lowest BCUT2D eigenvalue weighted by Gasteiger charge is -2.20. The number of benzene rings is 1.